The first-order chi connectivity index (χ1) is 12.9. The standard InChI is InChI=1S/C20H25N4OS/c25-14-12-23-17-8-4-5-9-18(17)24(13-15-26-20-21-10-11-22-20)19(23)16-6-2-1-3-7-16/h1-9,20-22,25H,10-15H2/q+1/p+1. The lowest BCUT2D eigenvalue weighted by molar-refractivity contribution is -0.662. The Morgan fingerprint density at radius 1 is 1.15 bits per heavy atom. The summed E-state index contributed by atoms with van der Waals surface area (Å²) in [5.41, 5.74) is 4.06. The highest BCUT2D eigenvalue weighted by molar-refractivity contribution is 7.99. The molecule has 1 atom stereocenters. The molecule has 1 aromatic heterocycles. The zero-order chi connectivity index (χ0) is 17.8. The molecule has 5 nitrogen and oxygen atoms in total. The number of aromatic nitrogens is 2. The number of quaternary nitrogens is 1. The van der Waals surface area contributed by atoms with E-state index in [4.69, 9.17) is 0 Å². The van der Waals surface area contributed by atoms with Crippen LogP contribution < -0.4 is 15.2 Å². The maximum absolute atomic E-state index is 9.63. The molecule has 1 fully saturated rings. The minimum Gasteiger partial charge on any atom is -0.392 e. The number of aryl methyl sites for hydroxylation is 1. The Balaban J connectivity index is 1.73. The molecule has 0 radical (unpaired) electrons. The van der Waals surface area contributed by atoms with Crippen LogP contribution in [0, 0.1) is 0 Å². The molecule has 1 saturated heterocycles. The summed E-state index contributed by atoms with van der Waals surface area (Å²) in [4.78, 5) is 0. The van der Waals surface area contributed by atoms with E-state index in [2.05, 4.69) is 68.3 Å². The van der Waals surface area contributed by atoms with Crippen molar-refractivity contribution in [1.29, 1.82) is 0 Å². The van der Waals surface area contributed by atoms with Crippen molar-refractivity contribution in [3.63, 3.8) is 0 Å². The van der Waals surface area contributed by atoms with E-state index < -0.39 is 0 Å². The largest absolute Gasteiger partial charge is 0.392 e. The molecule has 4 rings (SSSR count). The summed E-state index contributed by atoms with van der Waals surface area (Å²) in [6, 6.07) is 19.0. The lowest BCUT2D eigenvalue weighted by Gasteiger charge is -2.08. The van der Waals surface area contributed by atoms with Crippen LogP contribution in [0.1, 0.15) is 0 Å². The fraction of sp³-hybridized carbons (Fsp3) is 0.350. The second-order valence-electron chi connectivity index (χ2n) is 6.48. The number of hydrogen-bond donors (Lipinski definition) is 3. The number of aliphatic hydroxyl groups is 1. The van der Waals surface area contributed by atoms with Crippen LogP contribution in [0.2, 0.25) is 0 Å². The Morgan fingerprint density at radius 2 is 1.96 bits per heavy atom. The molecule has 0 aliphatic carbocycles. The van der Waals surface area contributed by atoms with Crippen molar-refractivity contribution in [2.24, 2.45) is 0 Å². The van der Waals surface area contributed by atoms with E-state index in [1.807, 2.05) is 17.8 Å². The molecule has 3 aromatic rings. The predicted molar refractivity (Wildman–Crippen MR) is 106 cm³/mol. The third kappa shape index (κ3) is 3.50. The summed E-state index contributed by atoms with van der Waals surface area (Å²) in [6.45, 7) is 3.93. The summed E-state index contributed by atoms with van der Waals surface area (Å²) >= 11 is 1.97. The van der Waals surface area contributed by atoms with E-state index in [9.17, 15) is 5.11 Å². The molecule has 0 spiro atoms. The van der Waals surface area contributed by atoms with E-state index in [1.165, 1.54) is 22.4 Å². The number of para-hydroxylation sites is 2. The lowest BCUT2D eigenvalue weighted by Crippen LogP contribution is -2.87. The van der Waals surface area contributed by atoms with Crippen LogP contribution >= 0.6 is 11.8 Å². The van der Waals surface area contributed by atoms with Crippen LogP contribution in [-0.4, -0.2) is 40.6 Å². The van der Waals surface area contributed by atoms with Gasteiger partial charge in [-0.15, -0.1) is 0 Å². The van der Waals surface area contributed by atoms with Gasteiger partial charge in [0.2, 0.25) is 0 Å². The van der Waals surface area contributed by atoms with Gasteiger partial charge in [-0.2, -0.15) is 0 Å². The first-order valence-corrected chi connectivity index (χ1v) is 10.3. The second kappa shape index (κ2) is 8.22. The fourth-order valence-corrected chi connectivity index (χ4v) is 4.74. The maximum atomic E-state index is 9.63. The zero-order valence-corrected chi connectivity index (χ0v) is 15.7. The predicted octanol–water partition coefficient (Wildman–Crippen LogP) is 0.772. The summed E-state index contributed by atoms with van der Waals surface area (Å²) < 4.78 is 4.65. The number of hydrogen-bond acceptors (Lipinski definition) is 3. The number of benzene rings is 2. The van der Waals surface area contributed by atoms with Crippen LogP contribution in [0.25, 0.3) is 22.4 Å². The molecule has 6 heteroatoms. The molecule has 0 amide bonds. The summed E-state index contributed by atoms with van der Waals surface area (Å²) in [5, 5.41) is 15.5. The molecule has 1 aliphatic heterocycles. The Hall–Kier alpha value is -1.86. The molecular formula is C20H26N4OS+2. The van der Waals surface area contributed by atoms with Crippen molar-refractivity contribution >= 4 is 22.8 Å². The SMILES string of the molecule is OCC[n+]1c(-c2ccccc2)n(CCSC2NCC[NH2+]2)c2ccccc21. The average Bonchev–Trinajstić information content (AvgIpc) is 3.30. The van der Waals surface area contributed by atoms with Gasteiger partial charge in [0.1, 0.15) is 13.1 Å². The van der Waals surface area contributed by atoms with Crippen molar-refractivity contribution in [2.75, 3.05) is 25.4 Å². The van der Waals surface area contributed by atoms with Crippen LogP contribution in [-0.2, 0) is 13.1 Å². The molecule has 26 heavy (non-hydrogen) atoms. The van der Waals surface area contributed by atoms with Crippen LogP contribution in [0.5, 0.6) is 0 Å². The van der Waals surface area contributed by atoms with Gasteiger partial charge in [-0.25, -0.2) is 9.13 Å². The van der Waals surface area contributed by atoms with Crippen molar-refractivity contribution in [2.45, 2.75) is 18.6 Å². The Morgan fingerprint density at radius 3 is 2.73 bits per heavy atom. The van der Waals surface area contributed by atoms with Crippen molar-refractivity contribution < 1.29 is 15.0 Å². The van der Waals surface area contributed by atoms with Gasteiger partial charge in [0.25, 0.3) is 5.82 Å². The minimum absolute atomic E-state index is 0.133. The number of nitrogens with zero attached hydrogens (tertiary/aromatic N) is 2. The highest BCUT2D eigenvalue weighted by atomic mass is 32.2. The number of thioether (sulfide) groups is 1. The topological polar surface area (TPSA) is 57.7 Å². The zero-order valence-electron chi connectivity index (χ0n) is 14.8. The average molecular weight is 371 g/mol. The number of fused-ring (bicyclic) bond motifs is 1. The van der Waals surface area contributed by atoms with Gasteiger partial charge >= 0.3 is 0 Å². The molecule has 4 N–H and O–H groups in total. The molecule has 0 saturated carbocycles. The van der Waals surface area contributed by atoms with E-state index >= 15 is 0 Å². The normalized spacial score (nSPS) is 17.2. The lowest BCUT2D eigenvalue weighted by atomic mass is 10.2. The summed E-state index contributed by atoms with van der Waals surface area (Å²) in [6.07, 6.45) is 0. The van der Waals surface area contributed by atoms with Crippen LogP contribution in [0.15, 0.2) is 54.6 Å². The second-order valence-corrected chi connectivity index (χ2v) is 7.72. The Labute approximate surface area is 158 Å². The minimum atomic E-state index is 0.133. The quantitative estimate of drug-likeness (QED) is 0.539. The fourth-order valence-electron chi connectivity index (χ4n) is 3.69. The molecule has 2 heterocycles. The van der Waals surface area contributed by atoms with Gasteiger partial charge < -0.3 is 10.4 Å². The smallest absolute Gasteiger partial charge is 0.289 e. The van der Waals surface area contributed by atoms with Crippen molar-refractivity contribution in [1.82, 2.24) is 9.88 Å². The molecular weight excluding hydrogens is 344 g/mol. The van der Waals surface area contributed by atoms with E-state index in [0.29, 0.717) is 12.0 Å². The highest BCUT2D eigenvalue weighted by Crippen LogP contribution is 2.24. The van der Waals surface area contributed by atoms with Gasteiger partial charge in [-0.05, 0) is 24.3 Å². The summed E-state index contributed by atoms with van der Waals surface area (Å²) in [5.74, 6) is 2.22. The maximum Gasteiger partial charge on any atom is 0.289 e. The van der Waals surface area contributed by atoms with E-state index in [0.717, 1.165) is 25.4 Å². The van der Waals surface area contributed by atoms with Crippen molar-refractivity contribution in [3.05, 3.63) is 54.6 Å². The van der Waals surface area contributed by atoms with Crippen LogP contribution in [0.4, 0.5) is 0 Å². The van der Waals surface area contributed by atoms with E-state index in [-0.39, 0.29) is 6.61 Å². The molecule has 0 bridgehead atoms. The third-order valence-electron chi connectivity index (χ3n) is 4.81. The monoisotopic (exact) mass is 370 g/mol. The van der Waals surface area contributed by atoms with Crippen molar-refractivity contribution in [3.8, 4) is 11.4 Å². The highest BCUT2D eigenvalue weighted by Gasteiger charge is 2.26. The molecule has 1 aliphatic rings. The van der Waals surface area contributed by atoms with Gasteiger partial charge in [-0.3, -0.25) is 5.32 Å². The van der Waals surface area contributed by atoms with Gasteiger partial charge in [-0.1, -0.05) is 42.1 Å². The van der Waals surface area contributed by atoms with Crippen LogP contribution in [0.3, 0.4) is 0 Å². The first kappa shape index (κ1) is 17.5. The number of nitrogens with one attached hydrogen (secondary N) is 1. The number of imidazole rings is 1. The van der Waals surface area contributed by atoms with Gasteiger partial charge in [0, 0.05) is 5.75 Å². The van der Waals surface area contributed by atoms with E-state index in [1.54, 1.807) is 0 Å². The number of aliphatic hydroxyl groups excluding tert-OH is 1. The first-order valence-electron chi connectivity index (χ1n) is 9.24. The Bertz CT molecular complexity index is 859. The molecule has 136 valence electrons. The number of rotatable bonds is 7. The summed E-state index contributed by atoms with van der Waals surface area (Å²) in [7, 11) is 0. The third-order valence-corrected chi connectivity index (χ3v) is 5.95. The number of nitrogens with two attached hydrogens (primary N) is 1. The Kier molecular flexibility index (Phi) is 5.55. The molecule has 1 unspecified atom stereocenters. The molecule has 2 aromatic carbocycles. The van der Waals surface area contributed by atoms with Gasteiger partial charge in [0.15, 0.2) is 16.5 Å². The van der Waals surface area contributed by atoms with Gasteiger partial charge in [0.05, 0.1) is 25.3 Å².